The van der Waals surface area contributed by atoms with Gasteiger partial charge in [0, 0.05) is 18.7 Å². The standard InChI is InChI=1S/C12H18N2O3S/c1-17-9-5-3-8(4-6-9)10-11(18(2,15)16)12(10,14)7-13/h3-6,10-11H,7,13-14H2,1-2H3/t10-,11+,12+/m0/s1. The summed E-state index contributed by atoms with van der Waals surface area (Å²) in [5, 5.41) is -0.594. The van der Waals surface area contributed by atoms with Crippen LogP contribution in [0, 0.1) is 0 Å². The molecule has 1 aromatic rings. The summed E-state index contributed by atoms with van der Waals surface area (Å²) in [4.78, 5) is 0. The van der Waals surface area contributed by atoms with E-state index in [9.17, 15) is 8.42 Å². The van der Waals surface area contributed by atoms with Gasteiger partial charge in [-0.2, -0.15) is 0 Å². The van der Waals surface area contributed by atoms with Crippen LogP contribution >= 0.6 is 0 Å². The largest absolute Gasteiger partial charge is 0.497 e. The maximum absolute atomic E-state index is 11.7. The van der Waals surface area contributed by atoms with E-state index in [-0.39, 0.29) is 12.5 Å². The third kappa shape index (κ3) is 2.00. The summed E-state index contributed by atoms with van der Waals surface area (Å²) in [7, 11) is -1.62. The molecule has 1 aliphatic rings. The Kier molecular flexibility index (Phi) is 3.12. The van der Waals surface area contributed by atoms with Crippen molar-refractivity contribution in [2.45, 2.75) is 16.7 Å². The Bertz CT molecular complexity index is 541. The molecule has 6 heteroatoms. The monoisotopic (exact) mass is 270 g/mol. The van der Waals surface area contributed by atoms with Crippen LogP contribution in [0.5, 0.6) is 5.75 Å². The first-order chi connectivity index (χ1) is 8.34. The van der Waals surface area contributed by atoms with Gasteiger partial charge in [0.05, 0.1) is 17.9 Å². The van der Waals surface area contributed by atoms with Gasteiger partial charge in [0.25, 0.3) is 0 Å². The lowest BCUT2D eigenvalue weighted by atomic mass is 10.1. The maximum Gasteiger partial charge on any atom is 0.152 e. The first kappa shape index (κ1) is 13.3. The molecule has 3 atom stereocenters. The minimum atomic E-state index is -3.20. The molecule has 1 fully saturated rings. The molecule has 1 aromatic carbocycles. The van der Waals surface area contributed by atoms with Crippen molar-refractivity contribution in [1.29, 1.82) is 0 Å². The summed E-state index contributed by atoms with van der Waals surface area (Å²) in [5.41, 5.74) is 11.8. The summed E-state index contributed by atoms with van der Waals surface area (Å²) in [6.07, 6.45) is 1.21. The normalized spacial score (nSPS) is 31.1. The zero-order valence-corrected chi connectivity index (χ0v) is 11.3. The van der Waals surface area contributed by atoms with E-state index < -0.39 is 20.6 Å². The second-order valence-electron chi connectivity index (χ2n) is 4.82. The van der Waals surface area contributed by atoms with Gasteiger partial charge in [0.1, 0.15) is 5.75 Å². The predicted octanol–water partition coefficient (Wildman–Crippen LogP) is -0.138. The lowest BCUT2D eigenvalue weighted by Crippen LogP contribution is -2.38. The van der Waals surface area contributed by atoms with Gasteiger partial charge in [0.15, 0.2) is 9.84 Å². The molecular weight excluding hydrogens is 252 g/mol. The minimum Gasteiger partial charge on any atom is -0.497 e. The molecule has 0 radical (unpaired) electrons. The summed E-state index contributed by atoms with van der Waals surface area (Å²) in [5.74, 6) is 0.495. The van der Waals surface area contributed by atoms with Gasteiger partial charge < -0.3 is 16.2 Å². The van der Waals surface area contributed by atoms with Crippen LogP contribution in [0.4, 0.5) is 0 Å². The molecule has 1 aliphatic carbocycles. The van der Waals surface area contributed by atoms with E-state index in [2.05, 4.69) is 0 Å². The van der Waals surface area contributed by atoms with Crippen LogP contribution in [0.15, 0.2) is 24.3 Å². The predicted molar refractivity (Wildman–Crippen MR) is 70.3 cm³/mol. The number of methoxy groups -OCH3 is 1. The van der Waals surface area contributed by atoms with Crippen molar-refractivity contribution in [1.82, 2.24) is 0 Å². The van der Waals surface area contributed by atoms with Gasteiger partial charge >= 0.3 is 0 Å². The molecule has 5 nitrogen and oxygen atoms in total. The number of ether oxygens (including phenoxy) is 1. The topological polar surface area (TPSA) is 95.4 Å². The molecular formula is C12H18N2O3S. The highest BCUT2D eigenvalue weighted by molar-refractivity contribution is 7.91. The van der Waals surface area contributed by atoms with E-state index in [0.29, 0.717) is 0 Å². The fourth-order valence-corrected chi connectivity index (χ4v) is 4.47. The first-order valence-corrected chi connectivity index (χ1v) is 7.62. The van der Waals surface area contributed by atoms with Crippen molar-refractivity contribution in [3.8, 4) is 5.75 Å². The Morgan fingerprint density at radius 2 is 1.89 bits per heavy atom. The van der Waals surface area contributed by atoms with Crippen LogP contribution in [0.2, 0.25) is 0 Å². The fraction of sp³-hybridized carbons (Fsp3) is 0.500. The summed E-state index contributed by atoms with van der Waals surface area (Å²) in [6, 6.07) is 7.27. The van der Waals surface area contributed by atoms with Gasteiger partial charge in [-0.1, -0.05) is 12.1 Å². The van der Waals surface area contributed by atoms with E-state index in [0.717, 1.165) is 11.3 Å². The van der Waals surface area contributed by atoms with Crippen molar-refractivity contribution in [2.24, 2.45) is 11.5 Å². The van der Waals surface area contributed by atoms with Crippen LogP contribution in [0.1, 0.15) is 11.5 Å². The molecule has 0 amide bonds. The van der Waals surface area contributed by atoms with Gasteiger partial charge in [-0.25, -0.2) is 8.42 Å². The number of hydrogen-bond donors (Lipinski definition) is 2. The van der Waals surface area contributed by atoms with Crippen LogP contribution in [0.25, 0.3) is 0 Å². The zero-order chi connectivity index (χ0) is 13.6. The highest BCUT2D eigenvalue weighted by Gasteiger charge is 2.67. The van der Waals surface area contributed by atoms with Crippen LogP contribution in [0.3, 0.4) is 0 Å². The van der Waals surface area contributed by atoms with Gasteiger partial charge in [-0.15, -0.1) is 0 Å². The Hall–Kier alpha value is -1.11. The molecule has 100 valence electrons. The number of benzene rings is 1. The first-order valence-electron chi connectivity index (χ1n) is 5.66. The van der Waals surface area contributed by atoms with E-state index >= 15 is 0 Å². The van der Waals surface area contributed by atoms with E-state index in [1.54, 1.807) is 19.2 Å². The number of sulfone groups is 1. The Morgan fingerprint density at radius 3 is 2.22 bits per heavy atom. The van der Waals surface area contributed by atoms with Crippen molar-refractivity contribution >= 4 is 9.84 Å². The molecule has 0 bridgehead atoms. The quantitative estimate of drug-likeness (QED) is 0.794. The average Bonchev–Trinajstić information content (AvgIpc) is 2.97. The van der Waals surface area contributed by atoms with Crippen LogP contribution in [-0.4, -0.2) is 39.1 Å². The average molecular weight is 270 g/mol. The van der Waals surface area contributed by atoms with Gasteiger partial charge in [-0.05, 0) is 17.7 Å². The molecule has 0 spiro atoms. The molecule has 0 saturated heterocycles. The molecule has 4 N–H and O–H groups in total. The smallest absolute Gasteiger partial charge is 0.152 e. The maximum atomic E-state index is 11.7. The summed E-state index contributed by atoms with van der Waals surface area (Å²) in [6.45, 7) is 0.154. The van der Waals surface area contributed by atoms with Crippen molar-refractivity contribution in [3.05, 3.63) is 29.8 Å². The van der Waals surface area contributed by atoms with Gasteiger partial charge in [0.2, 0.25) is 0 Å². The SMILES string of the molecule is COc1ccc([C@H]2[C@@H](S(C)(=O)=O)[C@@]2(N)CN)cc1. The van der Waals surface area contributed by atoms with E-state index in [1.807, 2.05) is 12.1 Å². The Labute approximate surface area is 107 Å². The van der Waals surface area contributed by atoms with E-state index in [4.69, 9.17) is 16.2 Å². The van der Waals surface area contributed by atoms with Crippen molar-refractivity contribution in [3.63, 3.8) is 0 Å². The molecule has 0 aliphatic heterocycles. The fourth-order valence-electron chi connectivity index (χ4n) is 2.61. The Balaban J connectivity index is 2.33. The minimum absolute atomic E-state index is 0.154. The third-order valence-corrected chi connectivity index (χ3v) is 5.23. The zero-order valence-electron chi connectivity index (χ0n) is 10.5. The summed E-state index contributed by atoms with van der Waals surface area (Å²) < 4.78 is 28.5. The molecule has 2 rings (SSSR count). The molecule has 0 aromatic heterocycles. The number of hydrogen-bond acceptors (Lipinski definition) is 5. The summed E-state index contributed by atoms with van der Waals surface area (Å²) >= 11 is 0. The second-order valence-corrected chi connectivity index (χ2v) is 6.98. The number of nitrogens with two attached hydrogens (primary N) is 2. The van der Waals surface area contributed by atoms with Crippen LogP contribution in [-0.2, 0) is 9.84 Å². The van der Waals surface area contributed by atoms with Crippen LogP contribution < -0.4 is 16.2 Å². The molecule has 0 unspecified atom stereocenters. The lowest BCUT2D eigenvalue weighted by molar-refractivity contribution is 0.414. The third-order valence-electron chi connectivity index (χ3n) is 3.59. The molecule has 1 saturated carbocycles. The highest BCUT2D eigenvalue weighted by Crippen LogP contribution is 2.53. The molecule has 0 heterocycles. The van der Waals surface area contributed by atoms with Gasteiger partial charge in [-0.3, -0.25) is 0 Å². The second kappa shape index (κ2) is 4.22. The highest BCUT2D eigenvalue weighted by atomic mass is 32.2. The van der Waals surface area contributed by atoms with E-state index in [1.165, 1.54) is 6.26 Å². The molecule has 18 heavy (non-hydrogen) atoms. The van der Waals surface area contributed by atoms with Crippen molar-refractivity contribution in [2.75, 3.05) is 19.9 Å². The Morgan fingerprint density at radius 1 is 1.33 bits per heavy atom. The lowest BCUT2D eigenvalue weighted by Gasteiger charge is -2.08. The number of rotatable bonds is 4. The van der Waals surface area contributed by atoms with Crippen molar-refractivity contribution < 1.29 is 13.2 Å².